The van der Waals surface area contributed by atoms with Crippen LogP contribution in [-0.2, 0) is 13.0 Å². The van der Waals surface area contributed by atoms with Gasteiger partial charge in [0.1, 0.15) is 0 Å². The highest BCUT2D eigenvalue weighted by Crippen LogP contribution is 2.22. The maximum Gasteiger partial charge on any atom is 0.250 e. The molecule has 0 radical (unpaired) electrons. The van der Waals surface area contributed by atoms with Crippen LogP contribution in [0.4, 0.5) is 5.69 Å². The predicted octanol–water partition coefficient (Wildman–Crippen LogP) is 3.22. The van der Waals surface area contributed by atoms with Crippen LogP contribution in [0.1, 0.15) is 39.7 Å². The number of aromatic nitrogens is 2. The van der Waals surface area contributed by atoms with Gasteiger partial charge < -0.3 is 15.5 Å². The number of aryl methyl sites for hydroxylation is 3. The van der Waals surface area contributed by atoms with Crippen molar-refractivity contribution >= 4 is 17.2 Å². The molecule has 0 saturated heterocycles. The average molecular weight is 322 g/mol. The number of hydrogen-bond donors (Lipinski definition) is 2. The van der Waals surface area contributed by atoms with Crippen molar-refractivity contribution in [3.8, 4) is 0 Å². The standard InChI is InChI=1S/C19H22N4O/c1-4-14-7-5-6-12(2)16(14)10-21-17-8-15(18(20)24)11-23-13(3)9-22-19(17)23/h5-9,11,21H,4,10H2,1-3H3,(H2,20,24). The van der Waals surface area contributed by atoms with Crippen LogP contribution in [0.25, 0.3) is 5.65 Å². The molecule has 0 fully saturated rings. The molecule has 0 saturated carbocycles. The fourth-order valence-corrected chi connectivity index (χ4v) is 3.00. The highest BCUT2D eigenvalue weighted by atomic mass is 16.1. The number of fused-ring (bicyclic) bond motifs is 1. The number of carbonyl (C=O) groups excluding carboxylic acids is 1. The summed E-state index contributed by atoms with van der Waals surface area (Å²) in [5.41, 5.74) is 12.4. The Bertz CT molecular complexity index is 911. The molecule has 2 aromatic heterocycles. The van der Waals surface area contributed by atoms with E-state index in [9.17, 15) is 4.79 Å². The zero-order valence-electron chi connectivity index (χ0n) is 14.3. The summed E-state index contributed by atoms with van der Waals surface area (Å²) in [7, 11) is 0. The van der Waals surface area contributed by atoms with Gasteiger partial charge in [-0.1, -0.05) is 25.1 Å². The van der Waals surface area contributed by atoms with E-state index in [0.29, 0.717) is 12.1 Å². The first kappa shape index (κ1) is 16.1. The Morgan fingerprint density at radius 1 is 1.33 bits per heavy atom. The Labute approximate surface area is 141 Å². The number of benzene rings is 1. The summed E-state index contributed by atoms with van der Waals surface area (Å²) in [5.74, 6) is -0.446. The number of nitrogens with one attached hydrogen (secondary N) is 1. The van der Waals surface area contributed by atoms with Gasteiger partial charge in [0.25, 0.3) is 0 Å². The van der Waals surface area contributed by atoms with Gasteiger partial charge in [0.2, 0.25) is 5.91 Å². The largest absolute Gasteiger partial charge is 0.378 e. The first-order valence-corrected chi connectivity index (χ1v) is 8.10. The van der Waals surface area contributed by atoms with Crippen LogP contribution in [0.5, 0.6) is 0 Å². The van der Waals surface area contributed by atoms with Crippen LogP contribution < -0.4 is 11.1 Å². The number of pyridine rings is 1. The molecule has 0 aliphatic rings. The average Bonchev–Trinajstić information content (AvgIpc) is 2.94. The summed E-state index contributed by atoms with van der Waals surface area (Å²) in [6, 6.07) is 8.12. The molecule has 0 atom stereocenters. The molecule has 0 aliphatic heterocycles. The topological polar surface area (TPSA) is 72.4 Å². The third kappa shape index (κ3) is 2.85. The number of amides is 1. The SMILES string of the molecule is CCc1cccc(C)c1CNc1cc(C(N)=O)cn2c(C)cnc12. The molecule has 5 heteroatoms. The number of carbonyl (C=O) groups is 1. The van der Waals surface area contributed by atoms with E-state index in [1.165, 1.54) is 16.7 Å². The van der Waals surface area contributed by atoms with Gasteiger partial charge in [0, 0.05) is 24.6 Å². The van der Waals surface area contributed by atoms with Crippen LogP contribution in [0.2, 0.25) is 0 Å². The second-order valence-electron chi connectivity index (χ2n) is 6.02. The monoisotopic (exact) mass is 322 g/mol. The van der Waals surface area contributed by atoms with E-state index >= 15 is 0 Å². The van der Waals surface area contributed by atoms with Gasteiger partial charge in [-0.2, -0.15) is 0 Å². The van der Waals surface area contributed by atoms with Gasteiger partial charge in [-0.25, -0.2) is 4.98 Å². The molecule has 3 N–H and O–H groups in total. The summed E-state index contributed by atoms with van der Waals surface area (Å²) in [6.45, 7) is 6.90. The lowest BCUT2D eigenvalue weighted by Gasteiger charge is -2.14. The van der Waals surface area contributed by atoms with Crippen LogP contribution in [0.3, 0.4) is 0 Å². The number of hydrogen-bond acceptors (Lipinski definition) is 3. The Morgan fingerprint density at radius 2 is 2.12 bits per heavy atom. The Hall–Kier alpha value is -2.82. The van der Waals surface area contributed by atoms with Gasteiger partial charge in [0.15, 0.2) is 5.65 Å². The zero-order valence-corrected chi connectivity index (χ0v) is 14.3. The maximum atomic E-state index is 11.6. The normalized spacial score (nSPS) is 11.0. The van der Waals surface area contributed by atoms with Crippen molar-refractivity contribution in [3.63, 3.8) is 0 Å². The van der Waals surface area contributed by atoms with E-state index < -0.39 is 5.91 Å². The van der Waals surface area contributed by atoms with Crippen LogP contribution in [-0.4, -0.2) is 15.3 Å². The minimum absolute atomic E-state index is 0.446. The molecule has 0 aliphatic carbocycles. The van der Waals surface area contributed by atoms with Crippen molar-refractivity contribution in [2.75, 3.05) is 5.32 Å². The van der Waals surface area contributed by atoms with Crippen LogP contribution >= 0.6 is 0 Å². The molecule has 1 aromatic carbocycles. The summed E-state index contributed by atoms with van der Waals surface area (Å²) < 4.78 is 1.89. The van der Waals surface area contributed by atoms with E-state index in [2.05, 4.69) is 42.3 Å². The smallest absolute Gasteiger partial charge is 0.250 e. The molecule has 5 nitrogen and oxygen atoms in total. The molecule has 3 rings (SSSR count). The number of nitrogens with zero attached hydrogens (tertiary/aromatic N) is 2. The third-order valence-electron chi connectivity index (χ3n) is 4.42. The van der Waals surface area contributed by atoms with Crippen molar-refractivity contribution < 1.29 is 4.79 Å². The van der Waals surface area contributed by atoms with Gasteiger partial charge in [-0.05, 0) is 43.0 Å². The minimum atomic E-state index is -0.446. The van der Waals surface area contributed by atoms with Crippen LogP contribution in [0.15, 0.2) is 36.7 Å². The minimum Gasteiger partial charge on any atom is -0.378 e. The molecular formula is C19H22N4O. The second kappa shape index (κ2) is 6.35. The van der Waals surface area contributed by atoms with Gasteiger partial charge >= 0.3 is 0 Å². The molecule has 1 amide bonds. The van der Waals surface area contributed by atoms with E-state index in [1.807, 2.05) is 11.3 Å². The summed E-state index contributed by atoms with van der Waals surface area (Å²) in [6.07, 6.45) is 4.50. The number of imidazole rings is 1. The zero-order chi connectivity index (χ0) is 17.3. The fraction of sp³-hybridized carbons (Fsp3) is 0.263. The quantitative estimate of drug-likeness (QED) is 0.757. The summed E-state index contributed by atoms with van der Waals surface area (Å²) in [5, 5.41) is 3.44. The van der Waals surface area contributed by atoms with Crippen molar-refractivity contribution in [1.82, 2.24) is 9.38 Å². The third-order valence-corrected chi connectivity index (χ3v) is 4.42. The van der Waals surface area contributed by atoms with Crippen molar-refractivity contribution in [2.24, 2.45) is 5.73 Å². The molecule has 24 heavy (non-hydrogen) atoms. The Morgan fingerprint density at radius 3 is 2.83 bits per heavy atom. The second-order valence-corrected chi connectivity index (χ2v) is 6.02. The molecular weight excluding hydrogens is 300 g/mol. The highest BCUT2D eigenvalue weighted by Gasteiger charge is 2.12. The lowest BCUT2D eigenvalue weighted by atomic mass is 10.00. The van der Waals surface area contributed by atoms with Crippen molar-refractivity contribution in [2.45, 2.75) is 33.7 Å². The van der Waals surface area contributed by atoms with Crippen molar-refractivity contribution in [1.29, 1.82) is 0 Å². The maximum absolute atomic E-state index is 11.6. The first-order valence-electron chi connectivity index (χ1n) is 8.10. The number of anilines is 1. The van der Waals surface area contributed by atoms with Crippen molar-refractivity contribution in [3.05, 3.63) is 64.6 Å². The number of nitrogens with two attached hydrogens (primary N) is 1. The van der Waals surface area contributed by atoms with Gasteiger partial charge in [0.05, 0.1) is 11.3 Å². The van der Waals surface area contributed by atoms with E-state index in [4.69, 9.17) is 5.73 Å². The van der Waals surface area contributed by atoms with Gasteiger partial charge in [-0.15, -0.1) is 0 Å². The summed E-state index contributed by atoms with van der Waals surface area (Å²) in [4.78, 5) is 16.1. The van der Waals surface area contributed by atoms with E-state index in [-0.39, 0.29) is 0 Å². The van der Waals surface area contributed by atoms with E-state index in [1.54, 1.807) is 18.5 Å². The molecule has 0 spiro atoms. The lowest BCUT2D eigenvalue weighted by Crippen LogP contribution is -2.14. The Balaban J connectivity index is 2.00. The molecule has 2 heterocycles. The van der Waals surface area contributed by atoms with E-state index in [0.717, 1.165) is 23.4 Å². The molecule has 3 aromatic rings. The number of rotatable bonds is 5. The first-order chi connectivity index (χ1) is 11.5. The highest BCUT2D eigenvalue weighted by molar-refractivity contribution is 5.94. The van der Waals surface area contributed by atoms with Gasteiger partial charge in [-0.3, -0.25) is 4.79 Å². The molecule has 124 valence electrons. The summed E-state index contributed by atoms with van der Waals surface area (Å²) >= 11 is 0. The molecule has 0 bridgehead atoms. The number of primary amides is 1. The predicted molar refractivity (Wildman–Crippen MR) is 96.3 cm³/mol. The van der Waals surface area contributed by atoms with Crippen LogP contribution in [0, 0.1) is 13.8 Å². The Kier molecular flexibility index (Phi) is 4.25. The lowest BCUT2D eigenvalue weighted by molar-refractivity contribution is 0.1000. The molecule has 0 unspecified atom stereocenters. The fourth-order valence-electron chi connectivity index (χ4n) is 3.00.